The standard InChI is InChI=1S/C13H15ClFN/c14-9-1-4-13(15)12(7-9)8-5-10-2-3-11(6-8)16-10/h1,4,7-8,10-11,16H,2-3,5-6H2. The van der Waals surface area contributed by atoms with E-state index in [0.717, 1.165) is 18.4 Å². The van der Waals surface area contributed by atoms with E-state index in [-0.39, 0.29) is 5.82 Å². The summed E-state index contributed by atoms with van der Waals surface area (Å²) in [5.41, 5.74) is 0.811. The molecule has 2 aliphatic heterocycles. The van der Waals surface area contributed by atoms with Gasteiger partial charge in [-0.2, -0.15) is 0 Å². The Kier molecular flexibility index (Phi) is 2.64. The molecule has 0 aromatic heterocycles. The minimum absolute atomic E-state index is 0.101. The Morgan fingerprint density at radius 1 is 1.19 bits per heavy atom. The first-order valence-corrected chi connectivity index (χ1v) is 6.31. The molecule has 0 spiro atoms. The number of hydrogen-bond donors (Lipinski definition) is 1. The van der Waals surface area contributed by atoms with Crippen LogP contribution in [0.4, 0.5) is 4.39 Å². The fraction of sp³-hybridized carbons (Fsp3) is 0.538. The van der Waals surface area contributed by atoms with Crippen LogP contribution in [0.5, 0.6) is 0 Å². The van der Waals surface area contributed by atoms with Crippen LogP contribution in [0.25, 0.3) is 0 Å². The van der Waals surface area contributed by atoms with Gasteiger partial charge in [0.25, 0.3) is 0 Å². The SMILES string of the molecule is Fc1ccc(Cl)cc1C1CC2CCC(C1)N2. The van der Waals surface area contributed by atoms with Crippen LogP contribution in [-0.4, -0.2) is 12.1 Å². The third kappa shape index (κ3) is 1.85. The zero-order chi connectivity index (χ0) is 11.1. The van der Waals surface area contributed by atoms with E-state index in [1.807, 2.05) is 0 Å². The van der Waals surface area contributed by atoms with Crippen LogP contribution >= 0.6 is 11.6 Å². The van der Waals surface area contributed by atoms with E-state index in [2.05, 4.69) is 5.32 Å². The van der Waals surface area contributed by atoms with Crippen molar-refractivity contribution in [3.05, 3.63) is 34.6 Å². The van der Waals surface area contributed by atoms with Crippen molar-refractivity contribution in [2.45, 2.75) is 43.7 Å². The molecular formula is C13H15ClFN. The van der Waals surface area contributed by atoms with Gasteiger partial charge in [-0.25, -0.2) is 4.39 Å². The molecule has 0 amide bonds. The quantitative estimate of drug-likeness (QED) is 0.791. The molecule has 3 rings (SSSR count). The van der Waals surface area contributed by atoms with Gasteiger partial charge in [-0.3, -0.25) is 0 Å². The molecule has 2 saturated heterocycles. The number of benzene rings is 1. The van der Waals surface area contributed by atoms with Crippen LogP contribution in [0, 0.1) is 5.82 Å². The molecule has 2 atom stereocenters. The van der Waals surface area contributed by atoms with E-state index in [1.54, 1.807) is 12.1 Å². The molecule has 2 unspecified atom stereocenters. The number of hydrogen-bond acceptors (Lipinski definition) is 1. The van der Waals surface area contributed by atoms with Crippen LogP contribution in [0.15, 0.2) is 18.2 Å². The van der Waals surface area contributed by atoms with Crippen molar-refractivity contribution < 1.29 is 4.39 Å². The summed E-state index contributed by atoms with van der Waals surface area (Å²) in [6.07, 6.45) is 4.58. The van der Waals surface area contributed by atoms with Crippen molar-refractivity contribution in [3.8, 4) is 0 Å². The van der Waals surface area contributed by atoms with Crippen molar-refractivity contribution in [2.24, 2.45) is 0 Å². The van der Waals surface area contributed by atoms with Crippen LogP contribution in [0.1, 0.15) is 37.2 Å². The Bertz CT molecular complexity index is 395. The topological polar surface area (TPSA) is 12.0 Å². The zero-order valence-corrected chi connectivity index (χ0v) is 9.80. The summed E-state index contributed by atoms with van der Waals surface area (Å²) in [7, 11) is 0. The van der Waals surface area contributed by atoms with E-state index >= 15 is 0 Å². The van der Waals surface area contributed by atoms with E-state index in [0.29, 0.717) is 23.0 Å². The van der Waals surface area contributed by atoms with Gasteiger partial charge in [0.2, 0.25) is 0 Å². The Balaban J connectivity index is 1.89. The van der Waals surface area contributed by atoms with Crippen LogP contribution in [0.2, 0.25) is 5.02 Å². The Labute approximate surface area is 100.0 Å². The molecule has 2 aliphatic rings. The first kappa shape index (κ1) is 10.5. The van der Waals surface area contributed by atoms with Gasteiger partial charge in [0, 0.05) is 17.1 Å². The van der Waals surface area contributed by atoms with Gasteiger partial charge in [0.15, 0.2) is 0 Å². The lowest BCUT2D eigenvalue weighted by atomic mass is 9.86. The van der Waals surface area contributed by atoms with Gasteiger partial charge in [-0.05, 0) is 55.4 Å². The Hall–Kier alpha value is -0.600. The first-order valence-electron chi connectivity index (χ1n) is 5.93. The van der Waals surface area contributed by atoms with E-state index in [1.165, 1.54) is 18.9 Å². The largest absolute Gasteiger partial charge is 0.311 e. The predicted octanol–water partition coefficient (Wildman–Crippen LogP) is 3.48. The summed E-state index contributed by atoms with van der Waals surface area (Å²) in [6.45, 7) is 0. The van der Waals surface area contributed by atoms with Gasteiger partial charge in [-0.1, -0.05) is 11.6 Å². The van der Waals surface area contributed by atoms with Crippen molar-refractivity contribution in [3.63, 3.8) is 0 Å². The predicted molar refractivity (Wildman–Crippen MR) is 63.3 cm³/mol. The molecular weight excluding hydrogens is 225 g/mol. The molecule has 2 heterocycles. The van der Waals surface area contributed by atoms with Gasteiger partial charge in [0.05, 0.1) is 0 Å². The highest BCUT2D eigenvalue weighted by molar-refractivity contribution is 6.30. The molecule has 0 radical (unpaired) electrons. The van der Waals surface area contributed by atoms with Crippen molar-refractivity contribution >= 4 is 11.6 Å². The summed E-state index contributed by atoms with van der Waals surface area (Å²) < 4.78 is 13.7. The molecule has 0 aliphatic carbocycles. The maximum Gasteiger partial charge on any atom is 0.126 e. The number of halogens is 2. The highest BCUT2D eigenvalue weighted by Crippen LogP contribution is 2.38. The molecule has 86 valence electrons. The van der Waals surface area contributed by atoms with E-state index in [4.69, 9.17) is 11.6 Å². The lowest BCUT2D eigenvalue weighted by Crippen LogP contribution is -2.37. The zero-order valence-electron chi connectivity index (χ0n) is 9.05. The summed E-state index contributed by atoms with van der Waals surface area (Å²) >= 11 is 5.94. The minimum Gasteiger partial charge on any atom is -0.311 e. The van der Waals surface area contributed by atoms with Gasteiger partial charge in [-0.15, -0.1) is 0 Å². The number of fused-ring (bicyclic) bond motifs is 2. The van der Waals surface area contributed by atoms with Crippen molar-refractivity contribution in [2.75, 3.05) is 0 Å². The molecule has 16 heavy (non-hydrogen) atoms. The molecule has 1 N–H and O–H groups in total. The smallest absolute Gasteiger partial charge is 0.126 e. The normalized spacial score (nSPS) is 33.0. The minimum atomic E-state index is -0.101. The fourth-order valence-electron chi connectivity index (χ4n) is 3.14. The maximum absolute atomic E-state index is 13.7. The van der Waals surface area contributed by atoms with Crippen LogP contribution < -0.4 is 5.32 Å². The average molecular weight is 240 g/mol. The van der Waals surface area contributed by atoms with Crippen LogP contribution in [0.3, 0.4) is 0 Å². The highest BCUT2D eigenvalue weighted by atomic mass is 35.5. The summed E-state index contributed by atoms with van der Waals surface area (Å²) in [5.74, 6) is 0.244. The molecule has 2 fully saturated rings. The molecule has 1 aromatic rings. The monoisotopic (exact) mass is 239 g/mol. The second kappa shape index (κ2) is 4.01. The molecule has 2 bridgehead atoms. The maximum atomic E-state index is 13.7. The van der Waals surface area contributed by atoms with Gasteiger partial charge < -0.3 is 5.32 Å². The number of piperidine rings is 1. The molecule has 3 heteroatoms. The van der Waals surface area contributed by atoms with Crippen molar-refractivity contribution in [1.82, 2.24) is 5.32 Å². The summed E-state index contributed by atoms with van der Waals surface area (Å²) in [5, 5.41) is 4.21. The number of rotatable bonds is 1. The van der Waals surface area contributed by atoms with Crippen LogP contribution in [-0.2, 0) is 0 Å². The van der Waals surface area contributed by atoms with E-state index in [9.17, 15) is 4.39 Å². The number of nitrogens with one attached hydrogen (secondary N) is 1. The molecule has 1 aromatic carbocycles. The second-order valence-corrected chi connectivity index (χ2v) is 5.41. The van der Waals surface area contributed by atoms with Gasteiger partial charge in [0.1, 0.15) is 5.82 Å². The summed E-state index contributed by atoms with van der Waals surface area (Å²) in [6, 6.07) is 6.08. The summed E-state index contributed by atoms with van der Waals surface area (Å²) in [4.78, 5) is 0. The third-order valence-electron chi connectivity index (χ3n) is 3.87. The molecule has 0 saturated carbocycles. The fourth-order valence-corrected chi connectivity index (χ4v) is 3.32. The Morgan fingerprint density at radius 2 is 1.88 bits per heavy atom. The second-order valence-electron chi connectivity index (χ2n) is 4.97. The lowest BCUT2D eigenvalue weighted by molar-refractivity contribution is 0.356. The van der Waals surface area contributed by atoms with Crippen molar-refractivity contribution in [1.29, 1.82) is 0 Å². The lowest BCUT2D eigenvalue weighted by Gasteiger charge is -2.29. The third-order valence-corrected chi connectivity index (χ3v) is 4.11. The first-order chi connectivity index (χ1) is 7.72. The highest BCUT2D eigenvalue weighted by Gasteiger charge is 2.34. The van der Waals surface area contributed by atoms with Gasteiger partial charge >= 0.3 is 0 Å². The molecule has 1 nitrogen and oxygen atoms in total. The average Bonchev–Trinajstić information content (AvgIpc) is 2.61. The Morgan fingerprint density at radius 3 is 2.56 bits per heavy atom. The van der Waals surface area contributed by atoms with E-state index < -0.39 is 0 Å².